The highest BCUT2D eigenvalue weighted by Gasteiger charge is 2.22. The second kappa shape index (κ2) is 9.04. The number of nitrogens with zero attached hydrogens (tertiary/aromatic N) is 1. The van der Waals surface area contributed by atoms with E-state index in [-0.39, 0.29) is 17.9 Å². The molecule has 0 fully saturated rings. The molecule has 2 aromatic rings. The van der Waals surface area contributed by atoms with Crippen molar-refractivity contribution in [3.8, 4) is 0 Å². The van der Waals surface area contributed by atoms with E-state index in [2.05, 4.69) is 24.0 Å². The second-order valence-corrected chi connectivity index (χ2v) is 6.10. The van der Waals surface area contributed by atoms with Gasteiger partial charge in [0.25, 0.3) is 0 Å². The van der Waals surface area contributed by atoms with Crippen molar-refractivity contribution in [1.29, 1.82) is 0 Å². The van der Waals surface area contributed by atoms with E-state index in [0.29, 0.717) is 6.61 Å². The number of hydrogen-bond donors (Lipinski definition) is 0. The van der Waals surface area contributed by atoms with Crippen molar-refractivity contribution < 1.29 is 9.53 Å². The summed E-state index contributed by atoms with van der Waals surface area (Å²) >= 11 is 0. The molecule has 3 heteroatoms. The van der Waals surface area contributed by atoms with Gasteiger partial charge in [0.15, 0.2) is 0 Å². The van der Waals surface area contributed by atoms with Crippen LogP contribution in [0.5, 0.6) is 0 Å². The number of rotatable bonds is 7. The number of carbonyl (C=O) groups is 1. The van der Waals surface area contributed by atoms with Crippen LogP contribution in [-0.4, -0.2) is 37.6 Å². The van der Waals surface area contributed by atoms with E-state index in [1.54, 1.807) is 6.08 Å². The molecule has 24 heavy (non-hydrogen) atoms. The minimum atomic E-state index is -0.314. The molecule has 2 atom stereocenters. The van der Waals surface area contributed by atoms with Crippen molar-refractivity contribution >= 4 is 12.0 Å². The summed E-state index contributed by atoms with van der Waals surface area (Å²) in [5, 5.41) is 0. The summed E-state index contributed by atoms with van der Waals surface area (Å²) in [6.45, 7) is 2.51. The molecule has 0 aliphatic heterocycles. The number of hydrogen-bond acceptors (Lipinski definition) is 3. The molecule has 0 amide bonds. The van der Waals surface area contributed by atoms with Gasteiger partial charge >= 0.3 is 5.97 Å². The molecular formula is C21H25NO2. The summed E-state index contributed by atoms with van der Waals surface area (Å²) in [5.41, 5.74) is 2.16. The van der Waals surface area contributed by atoms with Crippen molar-refractivity contribution in [3.05, 3.63) is 77.9 Å². The predicted molar refractivity (Wildman–Crippen MR) is 98.8 cm³/mol. The number of esters is 1. The van der Waals surface area contributed by atoms with E-state index >= 15 is 0 Å². The molecule has 0 spiro atoms. The molecule has 2 unspecified atom stereocenters. The maximum Gasteiger partial charge on any atom is 0.330 e. The lowest BCUT2D eigenvalue weighted by molar-refractivity contribution is -0.138. The third-order valence-electron chi connectivity index (χ3n) is 4.24. The van der Waals surface area contributed by atoms with Gasteiger partial charge in [-0.25, -0.2) is 4.79 Å². The molecule has 0 saturated heterocycles. The molecule has 0 aliphatic carbocycles. The lowest BCUT2D eigenvalue weighted by Crippen LogP contribution is -2.34. The van der Waals surface area contributed by atoms with E-state index < -0.39 is 0 Å². The third-order valence-corrected chi connectivity index (χ3v) is 4.24. The first-order valence-corrected chi connectivity index (χ1v) is 8.19. The van der Waals surface area contributed by atoms with Crippen molar-refractivity contribution in [1.82, 2.24) is 4.90 Å². The normalized spacial score (nSPS) is 13.8. The van der Waals surface area contributed by atoms with Gasteiger partial charge in [0, 0.05) is 18.0 Å². The standard InChI is InChI=1S/C21H25NO2/c1-17(22(2)3)20(19-12-8-5-9-13-19)16-24-21(23)15-14-18-10-6-4-7-11-18/h4-15,17,20H,16H2,1-3H3. The highest BCUT2D eigenvalue weighted by molar-refractivity contribution is 5.87. The van der Waals surface area contributed by atoms with E-state index in [1.165, 1.54) is 11.6 Å². The molecule has 0 bridgehead atoms. The smallest absolute Gasteiger partial charge is 0.330 e. The molecular weight excluding hydrogens is 298 g/mol. The Morgan fingerprint density at radius 3 is 2.21 bits per heavy atom. The van der Waals surface area contributed by atoms with Crippen LogP contribution in [0.25, 0.3) is 6.08 Å². The quantitative estimate of drug-likeness (QED) is 0.570. The SMILES string of the molecule is CC(C(COC(=O)C=Cc1ccccc1)c1ccccc1)N(C)C. The van der Waals surface area contributed by atoms with Crippen LogP contribution in [-0.2, 0) is 9.53 Å². The molecule has 0 aromatic heterocycles. The van der Waals surface area contributed by atoms with E-state index in [1.807, 2.05) is 62.6 Å². The average Bonchev–Trinajstić information content (AvgIpc) is 2.61. The van der Waals surface area contributed by atoms with Crippen molar-refractivity contribution in [2.45, 2.75) is 18.9 Å². The molecule has 3 nitrogen and oxygen atoms in total. The Morgan fingerprint density at radius 2 is 1.62 bits per heavy atom. The van der Waals surface area contributed by atoms with Crippen LogP contribution >= 0.6 is 0 Å². The van der Waals surface area contributed by atoms with Gasteiger partial charge in [-0.15, -0.1) is 0 Å². The molecule has 0 aliphatic rings. The summed E-state index contributed by atoms with van der Waals surface area (Å²) in [5.74, 6) is -0.180. The Balaban J connectivity index is 2.00. The van der Waals surface area contributed by atoms with Gasteiger partial charge in [-0.05, 0) is 38.2 Å². The summed E-state index contributed by atoms with van der Waals surface area (Å²) in [6.07, 6.45) is 3.26. The van der Waals surface area contributed by atoms with E-state index in [9.17, 15) is 4.79 Å². The van der Waals surface area contributed by atoms with Crippen molar-refractivity contribution in [3.63, 3.8) is 0 Å². The Morgan fingerprint density at radius 1 is 1.04 bits per heavy atom. The zero-order valence-electron chi connectivity index (χ0n) is 14.6. The zero-order valence-corrected chi connectivity index (χ0v) is 14.6. The van der Waals surface area contributed by atoms with Gasteiger partial charge in [0.05, 0.1) is 6.61 Å². The highest BCUT2D eigenvalue weighted by atomic mass is 16.5. The van der Waals surface area contributed by atoms with Crippen LogP contribution in [0.15, 0.2) is 66.7 Å². The number of benzene rings is 2. The van der Waals surface area contributed by atoms with Gasteiger partial charge in [-0.3, -0.25) is 0 Å². The second-order valence-electron chi connectivity index (χ2n) is 6.10. The Labute approximate surface area is 144 Å². The Bertz CT molecular complexity index is 650. The molecule has 0 heterocycles. The summed E-state index contributed by atoms with van der Waals surface area (Å²) < 4.78 is 5.50. The van der Waals surface area contributed by atoms with Gasteiger partial charge < -0.3 is 9.64 Å². The molecule has 2 aromatic carbocycles. The van der Waals surface area contributed by atoms with Gasteiger partial charge in [0.1, 0.15) is 0 Å². The van der Waals surface area contributed by atoms with Gasteiger partial charge in [-0.2, -0.15) is 0 Å². The molecule has 2 rings (SSSR count). The summed E-state index contributed by atoms with van der Waals surface area (Å²) in [6, 6.07) is 20.2. The van der Waals surface area contributed by atoms with Gasteiger partial charge in [0.2, 0.25) is 0 Å². The lowest BCUT2D eigenvalue weighted by atomic mass is 9.92. The first-order chi connectivity index (χ1) is 11.6. The minimum absolute atomic E-state index is 0.135. The monoisotopic (exact) mass is 323 g/mol. The minimum Gasteiger partial charge on any atom is -0.462 e. The van der Waals surface area contributed by atoms with Crippen LogP contribution in [0.4, 0.5) is 0 Å². The Hall–Kier alpha value is -2.39. The zero-order chi connectivity index (χ0) is 17.4. The highest BCUT2D eigenvalue weighted by Crippen LogP contribution is 2.22. The fourth-order valence-electron chi connectivity index (χ4n) is 2.52. The Kier molecular flexibility index (Phi) is 6.76. The predicted octanol–water partition coefficient (Wildman–Crippen LogP) is 3.98. The van der Waals surface area contributed by atoms with Crippen LogP contribution in [0.1, 0.15) is 24.0 Å². The first kappa shape index (κ1) is 18.0. The van der Waals surface area contributed by atoms with Crippen molar-refractivity contribution in [2.24, 2.45) is 0 Å². The maximum atomic E-state index is 12.0. The maximum absolute atomic E-state index is 12.0. The fourth-order valence-corrected chi connectivity index (χ4v) is 2.52. The fraction of sp³-hybridized carbons (Fsp3) is 0.286. The van der Waals surface area contributed by atoms with Crippen LogP contribution in [0, 0.1) is 0 Å². The number of ether oxygens (including phenoxy) is 1. The van der Waals surface area contributed by atoms with E-state index in [4.69, 9.17) is 4.74 Å². The third kappa shape index (κ3) is 5.36. The number of likely N-dealkylation sites (N-methyl/N-ethyl adjacent to an activating group) is 1. The first-order valence-electron chi connectivity index (χ1n) is 8.19. The average molecular weight is 323 g/mol. The van der Waals surface area contributed by atoms with Crippen LogP contribution < -0.4 is 0 Å². The van der Waals surface area contributed by atoms with E-state index in [0.717, 1.165) is 5.56 Å². The molecule has 126 valence electrons. The van der Waals surface area contributed by atoms with Gasteiger partial charge in [-0.1, -0.05) is 60.7 Å². The summed E-state index contributed by atoms with van der Waals surface area (Å²) in [7, 11) is 4.08. The van der Waals surface area contributed by atoms with Crippen LogP contribution in [0.2, 0.25) is 0 Å². The lowest BCUT2D eigenvalue weighted by Gasteiger charge is -2.29. The van der Waals surface area contributed by atoms with Crippen LogP contribution in [0.3, 0.4) is 0 Å². The molecule has 0 saturated carbocycles. The molecule has 0 radical (unpaired) electrons. The summed E-state index contributed by atoms with van der Waals surface area (Å²) in [4.78, 5) is 14.2. The largest absolute Gasteiger partial charge is 0.462 e. The topological polar surface area (TPSA) is 29.5 Å². The number of carbonyl (C=O) groups excluding carboxylic acids is 1. The van der Waals surface area contributed by atoms with Crippen molar-refractivity contribution in [2.75, 3.05) is 20.7 Å². The molecule has 0 N–H and O–H groups in total.